The van der Waals surface area contributed by atoms with Crippen molar-refractivity contribution in [1.82, 2.24) is 35.3 Å². The summed E-state index contributed by atoms with van der Waals surface area (Å²) in [7, 11) is 0. The van der Waals surface area contributed by atoms with Crippen molar-refractivity contribution in [2.45, 2.75) is 51.9 Å². The predicted octanol–water partition coefficient (Wildman–Crippen LogP) is 1.73. The summed E-state index contributed by atoms with van der Waals surface area (Å²) in [4.78, 5) is 36.9. The number of nitrogens with zero attached hydrogens (tertiary/aromatic N) is 5. The van der Waals surface area contributed by atoms with Crippen LogP contribution in [0.5, 0.6) is 5.75 Å². The second kappa shape index (κ2) is 13.0. The number of ether oxygens (including phenoxy) is 1. The monoisotopic (exact) mass is 547 g/mol. The van der Waals surface area contributed by atoms with E-state index in [9.17, 15) is 14.7 Å². The summed E-state index contributed by atoms with van der Waals surface area (Å²) in [5.74, 6) is 1.07. The summed E-state index contributed by atoms with van der Waals surface area (Å²) < 4.78 is 5.88. The fourth-order valence-electron chi connectivity index (χ4n) is 5.40. The number of carbonyl (C=O) groups excluding carboxylic acids is 2. The Morgan fingerprint density at radius 1 is 1.18 bits per heavy atom. The van der Waals surface area contributed by atoms with Gasteiger partial charge in [-0.25, -0.2) is 9.97 Å². The summed E-state index contributed by atoms with van der Waals surface area (Å²) in [5, 5.41) is 20.2. The van der Waals surface area contributed by atoms with E-state index in [4.69, 9.17) is 4.74 Å². The molecule has 2 aliphatic rings. The minimum absolute atomic E-state index is 0.119. The molecule has 0 unspecified atom stereocenters. The zero-order valence-electron chi connectivity index (χ0n) is 22.9. The number of amides is 2. The van der Waals surface area contributed by atoms with Gasteiger partial charge >= 0.3 is 0 Å². The highest BCUT2D eigenvalue weighted by Crippen LogP contribution is 2.25. The first kappa shape index (κ1) is 27.7. The number of β-amino-alcohol motifs (C(OH)–C–C–N with tert-alkyl or cyclic N) is 1. The van der Waals surface area contributed by atoms with Gasteiger partial charge in [-0.15, -0.1) is 0 Å². The molecule has 11 nitrogen and oxygen atoms in total. The van der Waals surface area contributed by atoms with E-state index in [2.05, 4.69) is 42.5 Å². The van der Waals surface area contributed by atoms with E-state index in [0.29, 0.717) is 24.8 Å². The molecule has 0 bridgehead atoms. The van der Waals surface area contributed by atoms with Gasteiger partial charge in [-0.3, -0.25) is 19.6 Å². The molecule has 40 heavy (non-hydrogen) atoms. The number of nitrogens with one attached hydrogen (secondary N) is 2. The molecule has 0 radical (unpaired) electrons. The Balaban J connectivity index is 1.05. The Hall–Kier alpha value is -3.83. The van der Waals surface area contributed by atoms with Gasteiger partial charge in [0.1, 0.15) is 24.4 Å². The minimum atomic E-state index is -0.698. The number of aliphatic hydroxyl groups excluding tert-OH is 1. The van der Waals surface area contributed by atoms with Gasteiger partial charge in [-0.1, -0.05) is 6.07 Å². The SMILES string of the molecule is CC(=O)N1CCC(Cc2cc(C(=O)NC[C@H](O)CN3CCc4cc(OCc5cn[nH]c5)ccc4C3)ncn2)CC1. The Kier molecular flexibility index (Phi) is 9.02. The molecule has 4 heterocycles. The van der Waals surface area contributed by atoms with Crippen molar-refractivity contribution in [1.29, 1.82) is 0 Å². The number of H-pyrrole nitrogens is 1. The van der Waals surface area contributed by atoms with Crippen molar-refractivity contribution in [2.24, 2.45) is 5.92 Å². The first-order valence-electron chi connectivity index (χ1n) is 13.9. The molecule has 212 valence electrons. The third kappa shape index (κ3) is 7.42. The minimum Gasteiger partial charge on any atom is -0.489 e. The van der Waals surface area contributed by atoms with Gasteiger partial charge in [0, 0.05) is 63.6 Å². The fourth-order valence-corrected chi connectivity index (χ4v) is 5.40. The van der Waals surface area contributed by atoms with Crippen LogP contribution in [0.15, 0.2) is 43.0 Å². The summed E-state index contributed by atoms with van der Waals surface area (Å²) in [5.41, 5.74) is 4.60. The fraction of sp³-hybridized carbons (Fsp3) is 0.483. The number of hydrogen-bond donors (Lipinski definition) is 3. The maximum atomic E-state index is 12.7. The van der Waals surface area contributed by atoms with E-state index in [-0.39, 0.29) is 18.4 Å². The van der Waals surface area contributed by atoms with Crippen LogP contribution in [0.25, 0.3) is 0 Å². The predicted molar refractivity (Wildman–Crippen MR) is 147 cm³/mol. The molecule has 2 aliphatic heterocycles. The summed E-state index contributed by atoms with van der Waals surface area (Å²) in [6, 6.07) is 7.88. The standard InChI is InChI=1S/C29H37N7O4/c1-20(37)36-8-4-21(5-9-36)10-25-12-28(32-19-31-25)29(39)30-15-26(38)17-35-7-6-23-11-27(3-2-24(23)16-35)40-18-22-13-33-34-14-22/h2-3,11-14,19,21,26,38H,4-10,15-18H2,1H3,(H,30,39)(H,33,34)/t26-/m0/s1. The largest absolute Gasteiger partial charge is 0.489 e. The highest BCUT2D eigenvalue weighted by molar-refractivity contribution is 5.92. The van der Waals surface area contributed by atoms with Gasteiger partial charge < -0.3 is 20.1 Å². The van der Waals surface area contributed by atoms with Gasteiger partial charge in [-0.2, -0.15) is 5.10 Å². The number of benzene rings is 1. The van der Waals surface area contributed by atoms with Gasteiger partial charge in [0.05, 0.1) is 12.3 Å². The lowest BCUT2D eigenvalue weighted by Gasteiger charge is -2.31. The number of aliphatic hydroxyl groups is 1. The molecule has 0 aliphatic carbocycles. The van der Waals surface area contributed by atoms with Crippen LogP contribution in [-0.2, 0) is 30.8 Å². The highest BCUT2D eigenvalue weighted by Gasteiger charge is 2.23. The lowest BCUT2D eigenvalue weighted by atomic mass is 9.92. The van der Waals surface area contributed by atoms with Crippen molar-refractivity contribution >= 4 is 11.8 Å². The third-order valence-electron chi connectivity index (χ3n) is 7.71. The Labute approximate surface area is 234 Å². The van der Waals surface area contributed by atoms with Gasteiger partial charge in [0.25, 0.3) is 5.91 Å². The van der Waals surface area contributed by atoms with E-state index in [1.807, 2.05) is 17.2 Å². The summed E-state index contributed by atoms with van der Waals surface area (Å²) >= 11 is 0. The van der Waals surface area contributed by atoms with Crippen molar-refractivity contribution in [3.8, 4) is 5.75 Å². The molecule has 0 spiro atoms. The number of hydrogen-bond acceptors (Lipinski definition) is 8. The quantitative estimate of drug-likeness (QED) is 0.349. The van der Waals surface area contributed by atoms with Crippen LogP contribution in [0, 0.1) is 5.92 Å². The average Bonchev–Trinajstić information content (AvgIpc) is 3.49. The number of likely N-dealkylation sites (tertiary alicyclic amines) is 1. The van der Waals surface area contributed by atoms with Crippen molar-refractivity contribution < 1.29 is 19.4 Å². The first-order chi connectivity index (χ1) is 19.4. The summed E-state index contributed by atoms with van der Waals surface area (Å²) in [6.45, 7) is 5.78. The zero-order chi connectivity index (χ0) is 27.9. The molecule has 1 aromatic carbocycles. The number of fused-ring (bicyclic) bond motifs is 1. The van der Waals surface area contributed by atoms with Crippen molar-refractivity contribution in [3.05, 3.63) is 71.1 Å². The Morgan fingerprint density at radius 2 is 2.02 bits per heavy atom. The molecule has 3 aromatic rings. The number of rotatable bonds is 10. The Morgan fingerprint density at radius 3 is 2.80 bits per heavy atom. The van der Waals surface area contributed by atoms with Crippen LogP contribution in [0.4, 0.5) is 0 Å². The second-order valence-corrected chi connectivity index (χ2v) is 10.7. The van der Waals surface area contributed by atoms with Gasteiger partial charge in [0.2, 0.25) is 5.91 Å². The molecular formula is C29H37N7O4. The van der Waals surface area contributed by atoms with E-state index >= 15 is 0 Å². The normalized spacial score (nSPS) is 16.8. The van der Waals surface area contributed by atoms with Crippen LogP contribution < -0.4 is 10.1 Å². The van der Waals surface area contributed by atoms with Gasteiger partial charge in [-0.05, 0) is 60.9 Å². The highest BCUT2D eigenvalue weighted by atomic mass is 16.5. The molecule has 2 aromatic heterocycles. The maximum Gasteiger partial charge on any atom is 0.270 e. The molecule has 1 atom stereocenters. The van der Waals surface area contributed by atoms with Crippen molar-refractivity contribution in [3.63, 3.8) is 0 Å². The average molecular weight is 548 g/mol. The number of piperidine rings is 1. The van der Waals surface area contributed by atoms with Crippen LogP contribution >= 0.6 is 0 Å². The molecular weight excluding hydrogens is 510 g/mol. The Bertz CT molecular complexity index is 1290. The smallest absolute Gasteiger partial charge is 0.270 e. The topological polar surface area (TPSA) is 137 Å². The number of aromatic amines is 1. The summed E-state index contributed by atoms with van der Waals surface area (Å²) in [6.07, 6.45) is 7.77. The first-order valence-corrected chi connectivity index (χ1v) is 13.9. The zero-order valence-corrected chi connectivity index (χ0v) is 22.9. The molecule has 1 saturated heterocycles. The van der Waals surface area contributed by atoms with E-state index in [0.717, 1.165) is 68.9 Å². The van der Waals surface area contributed by atoms with Crippen molar-refractivity contribution in [2.75, 3.05) is 32.7 Å². The molecule has 1 fully saturated rings. The van der Waals surface area contributed by atoms with E-state index in [1.54, 1.807) is 19.2 Å². The molecule has 11 heteroatoms. The molecule has 2 amide bonds. The molecule has 5 rings (SSSR count). The molecule has 3 N–H and O–H groups in total. The van der Waals surface area contributed by atoms with E-state index < -0.39 is 6.10 Å². The van der Waals surface area contributed by atoms with Crippen LogP contribution in [0.1, 0.15) is 52.6 Å². The van der Waals surface area contributed by atoms with Crippen LogP contribution in [0.3, 0.4) is 0 Å². The van der Waals surface area contributed by atoms with Gasteiger partial charge in [0.15, 0.2) is 0 Å². The molecule has 0 saturated carbocycles. The van der Waals surface area contributed by atoms with Crippen LogP contribution in [0.2, 0.25) is 0 Å². The lowest BCUT2D eigenvalue weighted by molar-refractivity contribution is -0.130. The number of aromatic nitrogens is 4. The van der Waals surface area contributed by atoms with Crippen LogP contribution in [-0.4, -0.2) is 85.7 Å². The third-order valence-corrected chi connectivity index (χ3v) is 7.71. The lowest BCUT2D eigenvalue weighted by Crippen LogP contribution is -2.42. The number of carbonyl (C=O) groups is 2. The second-order valence-electron chi connectivity index (χ2n) is 10.7. The van der Waals surface area contributed by atoms with E-state index in [1.165, 1.54) is 17.5 Å². The maximum absolute atomic E-state index is 12.7.